The van der Waals surface area contributed by atoms with Crippen molar-refractivity contribution < 1.29 is 14.0 Å². The average Bonchev–Trinajstić information content (AvgIpc) is 3.21. The number of hydrogen-bond donors (Lipinski definition) is 3. The van der Waals surface area contributed by atoms with Crippen LogP contribution in [0.5, 0.6) is 0 Å². The number of hydrogen-bond acceptors (Lipinski definition) is 3. The SMILES string of the molecule is O=C(CCc1ccccc1)Nc1ccc(NC(=O)NCc2ccco2)cc1. The molecule has 3 rings (SSSR count). The summed E-state index contributed by atoms with van der Waals surface area (Å²) in [5, 5.41) is 8.28. The third-order valence-electron chi connectivity index (χ3n) is 3.91. The second-order valence-electron chi connectivity index (χ2n) is 6.00. The summed E-state index contributed by atoms with van der Waals surface area (Å²) in [7, 11) is 0. The molecule has 0 saturated carbocycles. The van der Waals surface area contributed by atoms with Gasteiger partial charge in [0, 0.05) is 17.8 Å². The number of rotatable bonds is 7. The van der Waals surface area contributed by atoms with Crippen molar-refractivity contribution >= 4 is 23.3 Å². The molecule has 3 N–H and O–H groups in total. The van der Waals surface area contributed by atoms with Gasteiger partial charge in [0.25, 0.3) is 0 Å². The summed E-state index contributed by atoms with van der Waals surface area (Å²) in [6.45, 7) is 0.314. The predicted octanol–water partition coefficient (Wildman–Crippen LogP) is 4.17. The van der Waals surface area contributed by atoms with Gasteiger partial charge >= 0.3 is 6.03 Å². The molecule has 0 bridgehead atoms. The summed E-state index contributed by atoms with van der Waals surface area (Å²) < 4.78 is 5.15. The minimum absolute atomic E-state index is 0.0456. The Balaban J connectivity index is 1.42. The molecule has 2 aromatic carbocycles. The van der Waals surface area contributed by atoms with Crippen LogP contribution in [-0.2, 0) is 17.8 Å². The number of benzene rings is 2. The number of nitrogens with one attached hydrogen (secondary N) is 3. The summed E-state index contributed by atoms with van der Waals surface area (Å²) in [6, 6.07) is 20.1. The maximum absolute atomic E-state index is 12.0. The molecule has 0 aliphatic carbocycles. The molecule has 0 aliphatic heterocycles. The van der Waals surface area contributed by atoms with Crippen LogP contribution in [0.25, 0.3) is 0 Å². The molecule has 0 atom stereocenters. The van der Waals surface area contributed by atoms with Crippen molar-refractivity contribution in [3.8, 4) is 0 Å². The molecule has 27 heavy (non-hydrogen) atoms. The average molecular weight is 363 g/mol. The van der Waals surface area contributed by atoms with Gasteiger partial charge in [0.05, 0.1) is 12.8 Å². The van der Waals surface area contributed by atoms with E-state index >= 15 is 0 Å². The van der Waals surface area contributed by atoms with E-state index in [2.05, 4.69) is 16.0 Å². The molecule has 0 fully saturated rings. The van der Waals surface area contributed by atoms with Gasteiger partial charge in [-0.25, -0.2) is 4.79 Å². The monoisotopic (exact) mass is 363 g/mol. The van der Waals surface area contributed by atoms with E-state index in [4.69, 9.17) is 4.42 Å². The molecule has 0 aliphatic rings. The number of urea groups is 1. The van der Waals surface area contributed by atoms with Crippen LogP contribution in [0.15, 0.2) is 77.4 Å². The number of carbonyl (C=O) groups excluding carboxylic acids is 2. The van der Waals surface area contributed by atoms with Crippen molar-refractivity contribution in [2.45, 2.75) is 19.4 Å². The van der Waals surface area contributed by atoms with Crippen LogP contribution in [0.2, 0.25) is 0 Å². The topological polar surface area (TPSA) is 83.4 Å². The van der Waals surface area contributed by atoms with Gasteiger partial charge in [-0.05, 0) is 48.4 Å². The minimum atomic E-state index is -0.328. The molecule has 6 nitrogen and oxygen atoms in total. The first-order valence-electron chi connectivity index (χ1n) is 8.70. The molecule has 6 heteroatoms. The number of amides is 3. The van der Waals surface area contributed by atoms with Crippen LogP contribution in [0, 0.1) is 0 Å². The summed E-state index contributed by atoms with van der Waals surface area (Å²) in [5.41, 5.74) is 2.46. The highest BCUT2D eigenvalue weighted by molar-refractivity contribution is 5.92. The fourth-order valence-corrected chi connectivity index (χ4v) is 2.52. The van der Waals surface area contributed by atoms with Gasteiger partial charge in [0.1, 0.15) is 5.76 Å². The highest BCUT2D eigenvalue weighted by atomic mass is 16.3. The first kappa shape index (κ1) is 18.3. The molecule has 3 amide bonds. The molecule has 0 spiro atoms. The van der Waals surface area contributed by atoms with Crippen LogP contribution >= 0.6 is 0 Å². The third kappa shape index (κ3) is 6.04. The zero-order chi connectivity index (χ0) is 18.9. The van der Waals surface area contributed by atoms with Gasteiger partial charge in [0.15, 0.2) is 0 Å². The second kappa shape index (κ2) is 9.24. The maximum Gasteiger partial charge on any atom is 0.319 e. The molecular weight excluding hydrogens is 342 g/mol. The Hall–Kier alpha value is -3.54. The standard InChI is InChI=1S/C21H21N3O3/c25-20(13-8-16-5-2-1-3-6-16)23-17-9-11-18(12-10-17)24-21(26)22-15-19-7-4-14-27-19/h1-7,9-12,14H,8,13,15H2,(H,23,25)(H2,22,24,26). The van der Waals surface area contributed by atoms with Gasteiger partial charge < -0.3 is 20.4 Å². The number of furan rings is 1. The minimum Gasteiger partial charge on any atom is -0.467 e. The van der Waals surface area contributed by atoms with Crippen molar-refractivity contribution in [3.63, 3.8) is 0 Å². The summed E-state index contributed by atoms with van der Waals surface area (Å²) in [6.07, 6.45) is 2.67. The predicted molar refractivity (Wildman–Crippen MR) is 104 cm³/mol. The smallest absolute Gasteiger partial charge is 0.319 e. The van der Waals surface area contributed by atoms with E-state index in [1.165, 1.54) is 0 Å². The van der Waals surface area contributed by atoms with Gasteiger partial charge in [-0.2, -0.15) is 0 Å². The first-order chi connectivity index (χ1) is 13.2. The van der Waals surface area contributed by atoms with Crippen molar-refractivity contribution in [2.75, 3.05) is 10.6 Å². The zero-order valence-electron chi connectivity index (χ0n) is 14.8. The molecule has 0 saturated heterocycles. The lowest BCUT2D eigenvalue weighted by Gasteiger charge is -2.09. The highest BCUT2D eigenvalue weighted by Crippen LogP contribution is 2.14. The Morgan fingerprint density at radius 1 is 0.815 bits per heavy atom. The Morgan fingerprint density at radius 2 is 1.52 bits per heavy atom. The Kier molecular flexibility index (Phi) is 6.25. The van der Waals surface area contributed by atoms with Crippen LogP contribution in [0.1, 0.15) is 17.7 Å². The first-order valence-corrected chi connectivity index (χ1v) is 8.70. The molecule has 1 heterocycles. The quantitative estimate of drug-likeness (QED) is 0.589. The van der Waals surface area contributed by atoms with Crippen LogP contribution in [0.4, 0.5) is 16.2 Å². The van der Waals surface area contributed by atoms with E-state index in [1.807, 2.05) is 30.3 Å². The number of anilines is 2. The molecule has 138 valence electrons. The lowest BCUT2D eigenvalue weighted by molar-refractivity contribution is -0.116. The van der Waals surface area contributed by atoms with Crippen molar-refractivity contribution in [3.05, 3.63) is 84.3 Å². The van der Waals surface area contributed by atoms with E-state index in [9.17, 15) is 9.59 Å². The van der Waals surface area contributed by atoms with Gasteiger partial charge in [-0.1, -0.05) is 30.3 Å². The third-order valence-corrected chi connectivity index (χ3v) is 3.91. The van der Waals surface area contributed by atoms with Crippen LogP contribution in [-0.4, -0.2) is 11.9 Å². The van der Waals surface area contributed by atoms with Gasteiger partial charge in [0.2, 0.25) is 5.91 Å². The van der Waals surface area contributed by atoms with E-state index in [1.54, 1.807) is 42.7 Å². The summed E-state index contributed by atoms with van der Waals surface area (Å²) in [4.78, 5) is 23.9. The molecule has 1 aromatic heterocycles. The highest BCUT2D eigenvalue weighted by Gasteiger charge is 2.05. The Labute approximate surface area is 157 Å². The van der Waals surface area contributed by atoms with E-state index < -0.39 is 0 Å². The molecular formula is C21H21N3O3. The summed E-state index contributed by atoms with van der Waals surface area (Å²) >= 11 is 0. The Bertz CT molecular complexity index is 859. The fraction of sp³-hybridized carbons (Fsp3) is 0.143. The lowest BCUT2D eigenvalue weighted by Crippen LogP contribution is -2.27. The van der Waals surface area contributed by atoms with Crippen LogP contribution in [0.3, 0.4) is 0 Å². The van der Waals surface area contributed by atoms with Gasteiger partial charge in [-0.3, -0.25) is 4.79 Å². The fourth-order valence-electron chi connectivity index (χ4n) is 2.52. The number of aryl methyl sites for hydroxylation is 1. The van der Waals surface area contributed by atoms with E-state index in [0.29, 0.717) is 36.5 Å². The Morgan fingerprint density at radius 3 is 2.19 bits per heavy atom. The number of carbonyl (C=O) groups is 2. The molecule has 0 radical (unpaired) electrons. The van der Waals surface area contributed by atoms with Gasteiger partial charge in [-0.15, -0.1) is 0 Å². The summed E-state index contributed by atoms with van der Waals surface area (Å²) in [5.74, 6) is 0.634. The van der Waals surface area contributed by atoms with Crippen molar-refractivity contribution in [1.29, 1.82) is 0 Å². The van der Waals surface area contributed by atoms with Crippen LogP contribution < -0.4 is 16.0 Å². The van der Waals surface area contributed by atoms with E-state index in [-0.39, 0.29) is 11.9 Å². The van der Waals surface area contributed by atoms with E-state index in [0.717, 1.165) is 5.56 Å². The molecule has 0 unspecified atom stereocenters. The lowest BCUT2D eigenvalue weighted by atomic mass is 10.1. The normalized spacial score (nSPS) is 10.2. The zero-order valence-corrected chi connectivity index (χ0v) is 14.8. The molecule has 3 aromatic rings. The largest absolute Gasteiger partial charge is 0.467 e. The second-order valence-corrected chi connectivity index (χ2v) is 6.00. The van der Waals surface area contributed by atoms with Crippen molar-refractivity contribution in [2.24, 2.45) is 0 Å². The maximum atomic E-state index is 12.0. The van der Waals surface area contributed by atoms with Crippen molar-refractivity contribution in [1.82, 2.24) is 5.32 Å².